The molecule has 0 heterocycles. The lowest BCUT2D eigenvalue weighted by atomic mass is 10.2. The van der Waals surface area contributed by atoms with E-state index in [2.05, 4.69) is 24.5 Å². The van der Waals surface area contributed by atoms with Crippen LogP contribution in [-0.4, -0.2) is 42.7 Å². The van der Waals surface area contributed by atoms with Crippen molar-refractivity contribution in [1.82, 2.24) is 10.6 Å². The number of aldehydes is 1. The van der Waals surface area contributed by atoms with Crippen molar-refractivity contribution in [3.8, 4) is 0 Å². The summed E-state index contributed by atoms with van der Waals surface area (Å²) in [6.45, 7) is 5.50. The van der Waals surface area contributed by atoms with Crippen LogP contribution in [0.25, 0.3) is 0 Å². The largest absolute Gasteiger partial charge is 0.347 e. The Balaban J connectivity index is -0.000000580. The summed E-state index contributed by atoms with van der Waals surface area (Å²) in [4.78, 5) is 32.3. The summed E-state index contributed by atoms with van der Waals surface area (Å²) < 4.78 is 0. The molecule has 0 aliphatic carbocycles. The van der Waals surface area contributed by atoms with E-state index >= 15 is 0 Å². The molecule has 0 aliphatic rings. The molecule has 5 nitrogen and oxygen atoms in total. The Morgan fingerprint density at radius 3 is 2.33 bits per heavy atom. The van der Waals surface area contributed by atoms with Crippen LogP contribution in [0.4, 0.5) is 0 Å². The molecular weight excluding hydrogens is 252 g/mol. The van der Waals surface area contributed by atoms with Crippen LogP contribution in [0.1, 0.15) is 35.0 Å². The second-order valence-corrected chi connectivity index (χ2v) is 4.69. The second-order valence-electron chi connectivity index (χ2n) is 3.71. The van der Waals surface area contributed by atoms with Crippen molar-refractivity contribution < 1.29 is 15.8 Å². The van der Waals surface area contributed by atoms with Gasteiger partial charge in [0.05, 0.1) is 12.6 Å². The highest BCUT2D eigenvalue weighted by Gasteiger charge is 2.10. The quantitative estimate of drug-likeness (QED) is 0.687. The van der Waals surface area contributed by atoms with Crippen molar-refractivity contribution in [2.24, 2.45) is 0 Å². The molecule has 0 aliphatic heterocycles. The Bertz CT molecular complexity index is 253. The van der Waals surface area contributed by atoms with Gasteiger partial charge in [0.2, 0.25) is 11.8 Å². The zero-order valence-corrected chi connectivity index (χ0v) is 12.4. The molecule has 0 aromatic rings. The van der Waals surface area contributed by atoms with Gasteiger partial charge in [-0.1, -0.05) is 20.3 Å². The minimum absolute atomic E-state index is 0. The molecule has 0 rings (SSSR count). The van der Waals surface area contributed by atoms with E-state index in [0.29, 0.717) is 12.7 Å². The van der Waals surface area contributed by atoms with Gasteiger partial charge in [-0.2, -0.15) is 11.8 Å². The third-order valence-electron chi connectivity index (χ3n) is 1.64. The molecule has 108 valence electrons. The first-order valence-corrected chi connectivity index (χ1v) is 7.39. The topological polar surface area (TPSA) is 75.3 Å². The first-order chi connectivity index (χ1) is 8.51. The minimum Gasteiger partial charge on any atom is -0.347 e. The maximum absolute atomic E-state index is 11.2. The molecule has 2 N–H and O–H groups in total. The standard InChI is InChI=1S/C9H16N2O3S.C3H8.H2/c1-7(13)10-5-9(14)11-8(6-12)3-4-15-2;1-3-2;/h6,8H,3-5H2,1-2H3,(H,10,13)(H,11,14);3H2,1-2H3;1H/t8-;;/m0../s1. The van der Waals surface area contributed by atoms with E-state index in [9.17, 15) is 14.4 Å². The van der Waals surface area contributed by atoms with Crippen LogP contribution < -0.4 is 10.6 Å². The van der Waals surface area contributed by atoms with Crippen molar-refractivity contribution in [2.45, 2.75) is 39.7 Å². The normalized spacial score (nSPS) is 10.7. The molecule has 0 spiro atoms. The molecule has 0 saturated carbocycles. The van der Waals surface area contributed by atoms with E-state index in [0.717, 1.165) is 5.75 Å². The fourth-order valence-corrected chi connectivity index (χ4v) is 1.37. The number of carbonyl (C=O) groups excluding carboxylic acids is 3. The molecule has 0 unspecified atom stereocenters. The van der Waals surface area contributed by atoms with E-state index in [1.807, 2.05) is 6.26 Å². The lowest BCUT2D eigenvalue weighted by Gasteiger charge is -2.11. The number of amides is 2. The van der Waals surface area contributed by atoms with Crippen LogP contribution in [0.15, 0.2) is 0 Å². The second kappa shape index (κ2) is 14.0. The number of rotatable bonds is 7. The zero-order valence-electron chi connectivity index (χ0n) is 11.6. The molecule has 2 amide bonds. The van der Waals surface area contributed by atoms with E-state index in [4.69, 9.17) is 0 Å². The van der Waals surface area contributed by atoms with Gasteiger partial charge >= 0.3 is 0 Å². The van der Waals surface area contributed by atoms with Gasteiger partial charge in [-0.15, -0.1) is 0 Å². The molecule has 0 aromatic carbocycles. The third-order valence-corrected chi connectivity index (χ3v) is 2.29. The van der Waals surface area contributed by atoms with Crippen LogP contribution >= 0.6 is 11.8 Å². The summed E-state index contributed by atoms with van der Waals surface area (Å²) in [5, 5.41) is 4.88. The summed E-state index contributed by atoms with van der Waals surface area (Å²) in [6.07, 6.45) is 4.50. The van der Waals surface area contributed by atoms with Crippen molar-refractivity contribution in [2.75, 3.05) is 18.6 Å². The van der Waals surface area contributed by atoms with Crippen LogP contribution in [0.5, 0.6) is 0 Å². The fourth-order valence-electron chi connectivity index (χ4n) is 0.882. The Labute approximate surface area is 115 Å². The van der Waals surface area contributed by atoms with Gasteiger partial charge in [-0.05, 0) is 18.4 Å². The van der Waals surface area contributed by atoms with E-state index in [1.165, 1.54) is 13.3 Å². The summed E-state index contributed by atoms with van der Waals surface area (Å²) in [6, 6.07) is -0.460. The summed E-state index contributed by atoms with van der Waals surface area (Å²) in [5.41, 5.74) is 0. The molecule has 0 fully saturated rings. The maximum atomic E-state index is 11.2. The smallest absolute Gasteiger partial charge is 0.239 e. The number of nitrogens with one attached hydrogen (secondary N) is 2. The maximum Gasteiger partial charge on any atom is 0.239 e. The van der Waals surface area contributed by atoms with Gasteiger partial charge in [0, 0.05) is 8.35 Å². The van der Waals surface area contributed by atoms with Crippen molar-refractivity contribution in [3.63, 3.8) is 0 Å². The first-order valence-electron chi connectivity index (χ1n) is 5.99. The molecular formula is C12H26N2O3S. The van der Waals surface area contributed by atoms with Gasteiger partial charge in [0.15, 0.2) is 0 Å². The van der Waals surface area contributed by atoms with Crippen LogP contribution in [0, 0.1) is 0 Å². The molecule has 0 radical (unpaired) electrons. The van der Waals surface area contributed by atoms with E-state index in [-0.39, 0.29) is 19.8 Å². The van der Waals surface area contributed by atoms with Crippen molar-refractivity contribution in [1.29, 1.82) is 0 Å². The molecule has 6 heteroatoms. The molecule has 0 aromatic heterocycles. The lowest BCUT2D eigenvalue weighted by molar-refractivity contribution is -0.126. The summed E-state index contributed by atoms with van der Waals surface area (Å²) >= 11 is 1.61. The highest BCUT2D eigenvalue weighted by molar-refractivity contribution is 7.98. The van der Waals surface area contributed by atoms with E-state index in [1.54, 1.807) is 11.8 Å². The SMILES string of the molecule is CCC.CSCC[C@@H](C=O)NC(=O)CNC(C)=O.[HH]. The number of thioether (sulfide) groups is 1. The molecule has 1 atom stereocenters. The molecule has 0 bridgehead atoms. The Hall–Kier alpha value is -1.04. The van der Waals surface area contributed by atoms with Gasteiger partial charge in [-0.25, -0.2) is 0 Å². The van der Waals surface area contributed by atoms with E-state index < -0.39 is 6.04 Å². The third kappa shape index (κ3) is 15.0. The highest BCUT2D eigenvalue weighted by Crippen LogP contribution is 1.98. The van der Waals surface area contributed by atoms with Crippen molar-refractivity contribution in [3.05, 3.63) is 0 Å². The zero-order chi connectivity index (χ0) is 14.4. The average molecular weight is 278 g/mol. The van der Waals surface area contributed by atoms with Crippen molar-refractivity contribution >= 4 is 29.9 Å². The summed E-state index contributed by atoms with van der Waals surface area (Å²) in [5.74, 6) is 0.199. The fraction of sp³-hybridized carbons (Fsp3) is 0.750. The average Bonchev–Trinajstić information content (AvgIpc) is 2.32. The van der Waals surface area contributed by atoms with Gasteiger partial charge in [-0.3, -0.25) is 9.59 Å². The number of carbonyl (C=O) groups is 3. The van der Waals surface area contributed by atoms with Crippen LogP contribution in [0.3, 0.4) is 0 Å². The van der Waals surface area contributed by atoms with Gasteiger partial charge in [0.1, 0.15) is 6.29 Å². The number of hydrogen-bond donors (Lipinski definition) is 2. The van der Waals surface area contributed by atoms with Gasteiger partial charge < -0.3 is 15.4 Å². The Morgan fingerprint density at radius 1 is 1.39 bits per heavy atom. The predicted octanol–water partition coefficient (Wildman–Crippen LogP) is 1.22. The monoisotopic (exact) mass is 278 g/mol. The Kier molecular flexibility index (Phi) is 15.0. The number of hydrogen-bond acceptors (Lipinski definition) is 4. The predicted molar refractivity (Wildman–Crippen MR) is 77.8 cm³/mol. The molecule has 0 saturated heterocycles. The summed E-state index contributed by atoms with van der Waals surface area (Å²) in [7, 11) is 0. The van der Waals surface area contributed by atoms with Crippen LogP contribution in [-0.2, 0) is 14.4 Å². The minimum atomic E-state index is -0.460. The van der Waals surface area contributed by atoms with Crippen LogP contribution in [0.2, 0.25) is 0 Å². The lowest BCUT2D eigenvalue weighted by Crippen LogP contribution is -2.42. The molecule has 18 heavy (non-hydrogen) atoms. The highest BCUT2D eigenvalue weighted by atomic mass is 32.2. The van der Waals surface area contributed by atoms with Gasteiger partial charge in [0.25, 0.3) is 0 Å². The first kappa shape index (κ1) is 19.3. The Morgan fingerprint density at radius 2 is 1.94 bits per heavy atom.